The molecule has 27 heavy (non-hydrogen) atoms. The third kappa shape index (κ3) is 9.10. The fourth-order valence-corrected chi connectivity index (χ4v) is 2.98. The van der Waals surface area contributed by atoms with Crippen molar-refractivity contribution in [2.75, 3.05) is 32.9 Å². The van der Waals surface area contributed by atoms with Gasteiger partial charge in [0.15, 0.2) is 5.96 Å². The molecular formula is C16H26F3IN4O2S. The van der Waals surface area contributed by atoms with E-state index < -0.39 is 21.8 Å². The molecule has 0 aliphatic carbocycles. The maximum Gasteiger partial charge on any atom is 0.416 e. The minimum absolute atomic E-state index is 0. The van der Waals surface area contributed by atoms with Gasteiger partial charge in [-0.2, -0.15) is 13.2 Å². The molecule has 156 valence electrons. The van der Waals surface area contributed by atoms with Gasteiger partial charge in [-0.05, 0) is 31.0 Å². The molecule has 0 radical (unpaired) electrons. The summed E-state index contributed by atoms with van der Waals surface area (Å²) in [5.74, 6) is 0.486. The minimum Gasteiger partial charge on any atom is -0.356 e. The predicted octanol–water partition coefficient (Wildman–Crippen LogP) is 2.66. The van der Waals surface area contributed by atoms with Gasteiger partial charge in [-0.15, -0.1) is 24.0 Å². The second-order valence-electron chi connectivity index (χ2n) is 5.63. The van der Waals surface area contributed by atoms with Crippen LogP contribution in [0.5, 0.6) is 0 Å². The molecule has 0 fully saturated rings. The molecule has 0 aromatic heterocycles. The Labute approximate surface area is 175 Å². The number of benzene rings is 1. The van der Waals surface area contributed by atoms with Crippen LogP contribution in [0, 0.1) is 0 Å². The molecule has 0 unspecified atom stereocenters. The van der Waals surface area contributed by atoms with Crippen LogP contribution in [0.3, 0.4) is 0 Å². The zero-order valence-electron chi connectivity index (χ0n) is 15.5. The topological polar surface area (TPSA) is 73.8 Å². The van der Waals surface area contributed by atoms with Crippen molar-refractivity contribution < 1.29 is 21.6 Å². The summed E-state index contributed by atoms with van der Waals surface area (Å²) in [6, 6.07) is 5.07. The number of halogens is 4. The number of aliphatic imine (C=N–C) groups is 1. The Morgan fingerprint density at radius 1 is 1.26 bits per heavy atom. The van der Waals surface area contributed by atoms with Gasteiger partial charge in [0.25, 0.3) is 0 Å². The minimum atomic E-state index is -4.37. The van der Waals surface area contributed by atoms with Crippen molar-refractivity contribution in [3.8, 4) is 0 Å². The summed E-state index contributed by atoms with van der Waals surface area (Å²) < 4.78 is 62.7. The van der Waals surface area contributed by atoms with Crippen LogP contribution >= 0.6 is 24.0 Å². The van der Waals surface area contributed by atoms with E-state index in [-0.39, 0.29) is 36.3 Å². The van der Waals surface area contributed by atoms with Gasteiger partial charge in [0.1, 0.15) is 0 Å². The van der Waals surface area contributed by atoms with E-state index in [0.717, 1.165) is 12.1 Å². The molecule has 0 heterocycles. The number of rotatable bonds is 8. The van der Waals surface area contributed by atoms with Crippen LogP contribution in [-0.4, -0.2) is 51.6 Å². The highest BCUT2D eigenvalue weighted by atomic mass is 127. The summed E-state index contributed by atoms with van der Waals surface area (Å²) >= 11 is 0. The van der Waals surface area contributed by atoms with Crippen molar-refractivity contribution in [3.63, 3.8) is 0 Å². The number of hydrogen-bond acceptors (Lipinski definition) is 3. The highest BCUT2D eigenvalue weighted by Crippen LogP contribution is 2.29. The zero-order valence-corrected chi connectivity index (χ0v) is 18.7. The summed E-state index contributed by atoms with van der Waals surface area (Å²) in [5, 5.41) is 5.94. The van der Waals surface area contributed by atoms with Crippen molar-refractivity contribution in [1.29, 1.82) is 0 Å². The first kappa shape index (κ1) is 25.9. The van der Waals surface area contributed by atoms with Crippen LogP contribution in [0.25, 0.3) is 0 Å². The van der Waals surface area contributed by atoms with Crippen molar-refractivity contribution in [3.05, 3.63) is 35.4 Å². The average Bonchev–Trinajstić information content (AvgIpc) is 2.60. The molecule has 0 atom stereocenters. The summed E-state index contributed by atoms with van der Waals surface area (Å²) in [7, 11) is -0.121. The Morgan fingerprint density at radius 3 is 2.48 bits per heavy atom. The molecule has 11 heteroatoms. The maximum absolute atomic E-state index is 12.7. The largest absolute Gasteiger partial charge is 0.416 e. The maximum atomic E-state index is 12.7. The first-order valence-corrected chi connectivity index (χ1v) is 9.75. The van der Waals surface area contributed by atoms with Gasteiger partial charge in [-0.1, -0.05) is 12.1 Å². The van der Waals surface area contributed by atoms with E-state index in [1.807, 2.05) is 0 Å². The molecule has 0 amide bonds. The van der Waals surface area contributed by atoms with Crippen molar-refractivity contribution in [1.82, 2.24) is 14.9 Å². The number of nitrogens with one attached hydrogen (secondary N) is 2. The van der Waals surface area contributed by atoms with E-state index in [1.165, 1.54) is 17.4 Å². The van der Waals surface area contributed by atoms with Crippen molar-refractivity contribution in [2.24, 2.45) is 4.99 Å². The normalized spacial score (nSPS) is 12.6. The lowest BCUT2D eigenvalue weighted by atomic mass is 10.1. The second-order valence-corrected chi connectivity index (χ2v) is 7.99. The molecular weight excluding hydrogens is 496 g/mol. The zero-order chi connectivity index (χ0) is 19.8. The Kier molecular flexibility index (Phi) is 11.2. The van der Waals surface area contributed by atoms with Crippen LogP contribution in [0.4, 0.5) is 13.2 Å². The van der Waals surface area contributed by atoms with E-state index in [1.54, 1.807) is 20.0 Å². The van der Waals surface area contributed by atoms with E-state index >= 15 is 0 Å². The first-order valence-electron chi connectivity index (χ1n) is 8.14. The van der Waals surface area contributed by atoms with Crippen LogP contribution in [0.1, 0.15) is 24.5 Å². The van der Waals surface area contributed by atoms with Crippen LogP contribution in [0.2, 0.25) is 0 Å². The standard InChI is InChI=1S/C16H25F3N4O2S.HI/c1-4-26(24,25)23(3)10-6-9-21-15(20-2)22-12-13-7-5-8-14(11-13)16(17,18)19;/h5,7-8,11H,4,6,9-10,12H2,1-3H3,(H2,20,21,22);1H. The Bertz CT molecular complexity index is 712. The molecule has 6 nitrogen and oxygen atoms in total. The molecule has 2 N–H and O–H groups in total. The monoisotopic (exact) mass is 522 g/mol. The highest BCUT2D eigenvalue weighted by Gasteiger charge is 2.30. The summed E-state index contributed by atoms with van der Waals surface area (Å²) in [4.78, 5) is 4.00. The SMILES string of the molecule is CCS(=O)(=O)N(C)CCCNC(=NC)NCc1cccc(C(F)(F)F)c1.I. The Hall–Kier alpha value is -1.08. The fourth-order valence-electron chi connectivity index (χ4n) is 2.13. The van der Waals surface area contributed by atoms with Crippen molar-refractivity contribution >= 4 is 40.0 Å². The third-order valence-electron chi connectivity index (χ3n) is 3.72. The van der Waals surface area contributed by atoms with Crippen molar-refractivity contribution in [2.45, 2.75) is 26.1 Å². The molecule has 0 bridgehead atoms. The van der Waals surface area contributed by atoms with Crippen LogP contribution in [0.15, 0.2) is 29.3 Å². The molecule has 1 aromatic rings. The summed E-state index contributed by atoms with van der Waals surface area (Å²) in [6.07, 6.45) is -3.80. The molecule has 0 saturated carbocycles. The number of sulfonamides is 1. The van der Waals surface area contributed by atoms with E-state index in [2.05, 4.69) is 15.6 Å². The molecule has 0 aliphatic rings. The molecule has 1 aromatic carbocycles. The van der Waals surface area contributed by atoms with Gasteiger partial charge in [0.2, 0.25) is 10.0 Å². The number of hydrogen-bond donors (Lipinski definition) is 2. The first-order chi connectivity index (χ1) is 12.1. The lowest BCUT2D eigenvalue weighted by Crippen LogP contribution is -2.38. The fraction of sp³-hybridized carbons (Fsp3) is 0.562. The van der Waals surface area contributed by atoms with Gasteiger partial charge in [0.05, 0.1) is 11.3 Å². The van der Waals surface area contributed by atoms with Gasteiger partial charge in [-0.25, -0.2) is 12.7 Å². The molecule has 0 saturated heterocycles. The Morgan fingerprint density at radius 2 is 1.93 bits per heavy atom. The van der Waals surface area contributed by atoms with Gasteiger partial charge < -0.3 is 10.6 Å². The number of alkyl halides is 3. The van der Waals surface area contributed by atoms with Gasteiger partial charge in [-0.3, -0.25) is 4.99 Å². The number of guanidine groups is 1. The summed E-state index contributed by atoms with van der Waals surface area (Å²) in [5.41, 5.74) is -0.212. The number of nitrogens with zero attached hydrogens (tertiary/aromatic N) is 2. The third-order valence-corrected chi connectivity index (χ3v) is 5.58. The smallest absolute Gasteiger partial charge is 0.356 e. The quantitative estimate of drug-likeness (QED) is 0.239. The lowest BCUT2D eigenvalue weighted by Gasteiger charge is -2.17. The lowest BCUT2D eigenvalue weighted by molar-refractivity contribution is -0.137. The summed E-state index contributed by atoms with van der Waals surface area (Å²) in [6.45, 7) is 2.62. The highest BCUT2D eigenvalue weighted by molar-refractivity contribution is 14.0. The van der Waals surface area contributed by atoms with Gasteiger partial charge in [0, 0.05) is 33.7 Å². The van der Waals surface area contributed by atoms with E-state index in [9.17, 15) is 21.6 Å². The van der Waals surface area contributed by atoms with Crippen LogP contribution < -0.4 is 10.6 Å². The second kappa shape index (κ2) is 11.7. The average molecular weight is 522 g/mol. The van der Waals surface area contributed by atoms with E-state index in [4.69, 9.17) is 0 Å². The van der Waals surface area contributed by atoms with Crippen LogP contribution in [-0.2, 0) is 22.7 Å². The Balaban J connectivity index is 0.00000676. The molecule has 0 spiro atoms. The molecule has 1 rings (SSSR count). The predicted molar refractivity (Wildman–Crippen MR) is 112 cm³/mol. The molecule has 0 aliphatic heterocycles. The van der Waals surface area contributed by atoms with Gasteiger partial charge >= 0.3 is 6.18 Å². The van der Waals surface area contributed by atoms with E-state index in [0.29, 0.717) is 31.0 Å².